The summed E-state index contributed by atoms with van der Waals surface area (Å²) in [5, 5.41) is 23.4. The van der Waals surface area contributed by atoms with E-state index >= 15 is 0 Å². The van der Waals surface area contributed by atoms with Crippen LogP contribution < -0.4 is 5.32 Å². The van der Waals surface area contributed by atoms with Gasteiger partial charge in [0.2, 0.25) is 5.91 Å². The number of β-amino-alcohol motifs (C(OH)–C–C–N with tert-alkyl or cyclic N) is 1. The summed E-state index contributed by atoms with van der Waals surface area (Å²) < 4.78 is 0. The Morgan fingerprint density at radius 2 is 2.12 bits per heavy atom. The fourth-order valence-corrected chi connectivity index (χ4v) is 1.85. The molecule has 0 aromatic heterocycles. The Hall–Kier alpha value is -1.95. The molecule has 16 heavy (non-hydrogen) atoms. The van der Waals surface area contributed by atoms with Crippen LogP contribution in [0.25, 0.3) is 0 Å². The molecule has 6 nitrogen and oxygen atoms in total. The lowest BCUT2D eigenvalue weighted by Crippen LogP contribution is -2.29. The largest absolute Gasteiger partial charge is 0.382 e. The third-order valence-electron chi connectivity index (χ3n) is 2.63. The van der Waals surface area contributed by atoms with Crippen molar-refractivity contribution in [1.29, 1.82) is 0 Å². The quantitative estimate of drug-likeness (QED) is 0.556. The molecule has 2 rings (SSSR count). The van der Waals surface area contributed by atoms with Crippen molar-refractivity contribution in [3.05, 3.63) is 39.9 Å². The standard InChI is InChI=1S/C10H10N2O4/c13-9-5-10(14,6-11-9)7-3-1-2-4-8(7)12(15)16/h1-4,14H,5-6H2,(H,11,13)/t10-/m0/s1. The molecular formula is C10H10N2O4. The summed E-state index contributed by atoms with van der Waals surface area (Å²) in [6.07, 6.45) is -0.141. The molecule has 1 amide bonds. The molecule has 1 heterocycles. The molecule has 84 valence electrons. The third kappa shape index (κ3) is 1.63. The molecule has 6 heteroatoms. The predicted octanol–water partition coefficient (Wildman–Crippen LogP) is 0.302. The van der Waals surface area contributed by atoms with Crippen LogP contribution in [0.5, 0.6) is 0 Å². The van der Waals surface area contributed by atoms with Crippen molar-refractivity contribution < 1.29 is 14.8 Å². The number of hydrogen-bond donors (Lipinski definition) is 2. The maximum atomic E-state index is 11.1. The molecule has 1 aliphatic heterocycles. The average molecular weight is 222 g/mol. The van der Waals surface area contributed by atoms with E-state index in [1.54, 1.807) is 6.07 Å². The van der Waals surface area contributed by atoms with Crippen molar-refractivity contribution >= 4 is 11.6 Å². The minimum atomic E-state index is -1.47. The van der Waals surface area contributed by atoms with Crippen molar-refractivity contribution in [3.8, 4) is 0 Å². The summed E-state index contributed by atoms with van der Waals surface area (Å²) in [4.78, 5) is 21.3. The number of nitrogens with zero attached hydrogens (tertiary/aromatic N) is 1. The summed E-state index contributed by atoms with van der Waals surface area (Å²) in [5.74, 6) is -0.305. The molecular weight excluding hydrogens is 212 g/mol. The molecule has 0 radical (unpaired) electrons. The molecule has 1 saturated heterocycles. The highest BCUT2D eigenvalue weighted by molar-refractivity contribution is 5.80. The molecule has 1 fully saturated rings. The maximum absolute atomic E-state index is 11.1. The highest BCUT2D eigenvalue weighted by Gasteiger charge is 2.41. The number of aliphatic hydroxyl groups is 1. The van der Waals surface area contributed by atoms with Gasteiger partial charge in [-0.15, -0.1) is 0 Å². The van der Waals surface area contributed by atoms with E-state index in [9.17, 15) is 20.0 Å². The summed E-state index contributed by atoms with van der Waals surface area (Å²) in [5.41, 5.74) is -1.46. The van der Waals surface area contributed by atoms with Crippen LogP contribution in [0.4, 0.5) is 5.69 Å². The Morgan fingerprint density at radius 1 is 1.44 bits per heavy atom. The number of nitrogens with one attached hydrogen (secondary N) is 1. The fraction of sp³-hybridized carbons (Fsp3) is 0.300. The van der Waals surface area contributed by atoms with E-state index in [2.05, 4.69) is 5.32 Å². The van der Waals surface area contributed by atoms with Gasteiger partial charge in [-0.25, -0.2) is 0 Å². The molecule has 1 aromatic carbocycles. The Bertz CT molecular complexity index is 460. The van der Waals surface area contributed by atoms with Gasteiger partial charge >= 0.3 is 0 Å². The van der Waals surface area contributed by atoms with Gasteiger partial charge in [0.1, 0.15) is 5.60 Å². The summed E-state index contributed by atoms with van der Waals surface area (Å²) in [6, 6.07) is 5.91. The molecule has 0 saturated carbocycles. The smallest absolute Gasteiger partial charge is 0.275 e. The van der Waals surface area contributed by atoms with E-state index in [1.165, 1.54) is 18.2 Å². The number of nitro groups is 1. The molecule has 1 aliphatic rings. The van der Waals surface area contributed by atoms with E-state index < -0.39 is 10.5 Å². The fourth-order valence-electron chi connectivity index (χ4n) is 1.85. The number of rotatable bonds is 2. The molecule has 1 aromatic rings. The van der Waals surface area contributed by atoms with Crippen LogP contribution in [-0.2, 0) is 10.4 Å². The van der Waals surface area contributed by atoms with Crippen molar-refractivity contribution in [2.24, 2.45) is 0 Å². The first kappa shape index (κ1) is 10.6. The van der Waals surface area contributed by atoms with Gasteiger partial charge < -0.3 is 10.4 Å². The number of carbonyl (C=O) groups excluding carboxylic acids is 1. The molecule has 0 unspecified atom stereocenters. The van der Waals surface area contributed by atoms with Gasteiger partial charge in [0, 0.05) is 6.07 Å². The SMILES string of the molecule is O=C1C[C@@](O)(c2ccccc2[N+](=O)[O-])CN1. The zero-order valence-corrected chi connectivity index (χ0v) is 8.34. The number of benzene rings is 1. The van der Waals surface area contributed by atoms with E-state index in [4.69, 9.17) is 0 Å². The first-order valence-electron chi connectivity index (χ1n) is 4.76. The number of carbonyl (C=O) groups is 1. The highest BCUT2D eigenvalue weighted by atomic mass is 16.6. The Balaban J connectivity index is 2.47. The van der Waals surface area contributed by atoms with Crippen LogP contribution in [0.1, 0.15) is 12.0 Å². The van der Waals surface area contributed by atoms with E-state index in [-0.39, 0.29) is 30.1 Å². The molecule has 0 bridgehead atoms. The second-order valence-corrected chi connectivity index (χ2v) is 3.76. The van der Waals surface area contributed by atoms with Gasteiger partial charge in [-0.1, -0.05) is 12.1 Å². The Morgan fingerprint density at radius 3 is 2.69 bits per heavy atom. The van der Waals surface area contributed by atoms with Crippen molar-refractivity contribution in [1.82, 2.24) is 5.32 Å². The molecule has 2 N–H and O–H groups in total. The second kappa shape index (κ2) is 3.57. The first-order valence-corrected chi connectivity index (χ1v) is 4.76. The van der Waals surface area contributed by atoms with Gasteiger partial charge in [0.25, 0.3) is 5.69 Å². The van der Waals surface area contributed by atoms with Crippen LogP contribution in [0.2, 0.25) is 0 Å². The normalized spacial score (nSPS) is 24.2. The minimum Gasteiger partial charge on any atom is -0.382 e. The lowest BCUT2D eigenvalue weighted by molar-refractivity contribution is -0.386. The zero-order chi connectivity index (χ0) is 11.8. The van der Waals surface area contributed by atoms with Crippen molar-refractivity contribution in [2.45, 2.75) is 12.0 Å². The lowest BCUT2D eigenvalue weighted by Gasteiger charge is -2.19. The molecule has 1 atom stereocenters. The summed E-state index contributed by atoms with van der Waals surface area (Å²) in [6.45, 7) is 0.0106. The predicted molar refractivity (Wildman–Crippen MR) is 54.6 cm³/mol. The topological polar surface area (TPSA) is 92.5 Å². The average Bonchev–Trinajstić information content (AvgIpc) is 2.60. The lowest BCUT2D eigenvalue weighted by atomic mass is 9.91. The van der Waals surface area contributed by atoms with Crippen molar-refractivity contribution in [2.75, 3.05) is 6.54 Å². The second-order valence-electron chi connectivity index (χ2n) is 3.76. The number of hydrogen-bond acceptors (Lipinski definition) is 4. The highest BCUT2D eigenvalue weighted by Crippen LogP contribution is 2.34. The van der Waals surface area contributed by atoms with Gasteiger partial charge in [0.15, 0.2) is 0 Å². The van der Waals surface area contributed by atoms with Gasteiger partial charge in [-0.2, -0.15) is 0 Å². The number of para-hydroxylation sites is 1. The summed E-state index contributed by atoms with van der Waals surface area (Å²) in [7, 11) is 0. The first-order chi connectivity index (χ1) is 7.53. The van der Waals surface area contributed by atoms with Crippen molar-refractivity contribution in [3.63, 3.8) is 0 Å². The Labute approximate surface area is 91.0 Å². The van der Waals surface area contributed by atoms with Crippen LogP contribution in [0.15, 0.2) is 24.3 Å². The molecule has 0 spiro atoms. The summed E-state index contributed by atoms with van der Waals surface area (Å²) >= 11 is 0. The van der Waals surface area contributed by atoms with Gasteiger partial charge in [-0.05, 0) is 6.07 Å². The van der Waals surface area contributed by atoms with Gasteiger partial charge in [-0.3, -0.25) is 14.9 Å². The van der Waals surface area contributed by atoms with Crippen LogP contribution in [0.3, 0.4) is 0 Å². The number of amides is 1. The zero-order valence-electron chi connectivity index (χ0n) is 8.34. The van der Waals surface area contributed by atoms with Crippen LogP contribution in [0, 0.1) is 10.1 Å². The number of nitro benzene ring substituents is 1. The maximum Gasteiger partial charge on any atom is 0.275 e. The van der Waals surface area contributed by atoms with Crippen LogP contribution >= 0.6 is 0 Å². The van der Waals surface area contributed by atoms with E-state index in [0.29, 0.717) is 0 Å². The van der Waals surface area contributed by atoms with E-state index in [1.807, 2.05) is 0 Å². The minimum absolute atomic E-state index is 0.0106. The monoisotopic (exact) mass is 222 g/mol. The molecule has 0 aliphatic carbocycles. The van der Waals surface area contributed by atoms with E-state index in [0.717, 1.165) is 0 Å². The Kier molecular flexibility index (Phi) is 2.35. The van der Waals surface area contributed by atoms with Crippen LogP contribution in [-0.4, -0.2) is 22.5 Å². The van der Waals surface area contributed by atoms with Gasteiger partial charge in [0.05, 0.1) is 23.5 Å². The third-order valence-corrected chi connectivity index (χ3v) is 2.63.